The molecule has 0 aliphatic rings. The summed E-state index contributed by atoms with van der Waals surface area (Å²) >= 11 is 4.92. The molecule has 2 N–H and O–H groups in total. The molecular formula is C13H13BrN2O3S. The normalized spacial score (nSPS) is 11.9. The van der Waals surface area contributed by atoms with Crippen molar-refractivity contribution >= 4 is 39.1 Å². The van der Waals surface area contributed by atoms with Crippen LogP contribution in [0.5, 0.6) is 0 Å². The Morgan fingerprint density at radius 3 is 2.80 bits per heavy atom. The number of thiophene rings is 1. The van der Waals surface area contributed by atoms with Crippen molar-refractivity contribution in [1.82, 2.24) is 10.6 Å². The Bertz CT molecular complexity index is 595. The fourth-order valence-corrected chi connectivity index (χ4v) is 2.94. The summed E-state index contributed by atoms with van der Waals surface area (Å²) in [6.07, 6.45) is 2.75. The number of nitrogens with one attached hydrogen (secondary N) is 2. The van der Waals surface area contributed by atoms with Crippen molar-refractivity contribution in [1.29, 1.82) is 0 Å². The Morgan fingerprint density at radius 2 is 2.20 bits per heavy atom. The molecule has 0 radical (unpaired) electrons. The van der Waals surface area contributed by atoms with Crippen LogP contribution in [0.15, 0.2) is 38.9 Å². The topological polar surface area (TPSA) is 71.3 Å². The minimum atomic E-state index is -0.610. The third kappa shape index (κ3) is 3.94. The number of hydrogen-bond donors (Lipinski definition) is 2. The molecule has 1 unspecified atom stereocenters. The lowest BCUT2D eigenvalue weighted by Gasteiger charge is -2.13. The van der Waals surface area contributed by atoms with Gasteiger partial charge >= 0.3 is 0 Å². The first-order valence-corrected chi connectivity index (χ1v) is 7.52. The molecule has 0 fully saturated rings. The van der Waals surface area contributed by atoms with Gasteiger partial charge < -0.3 is 15.1 Å². The fourth-order valence-electron chi connectivity index (χ4n) is 1.51. The number of halogens is 1. The zero-order chi connectivity index (χ0) is 14.5. The Balaban J connectivity index is 1.81. The van der Waals surface area contributed by atoms with E-state index in [1.54, 1.807) is 24.3 Å². The summed E-state index contributed by atoms with van der Waals surface area (Å²) in [5.41, 5.74) is 0.395. The second kappa shape index (κ2) is 6.71. The van der Waals surface area contributed by atoms with Gasteiger partial charge in [-0.25, -0.2) is 0 Å². The van der Waals surface area contributed by atoms with Crippen LogP contribution in [-0.4, -0.2) is 17.9 Å². The van der Waals surface area contributed by atoms with Crippen LogP contribution in [0, 0.1) is 0 Å². The maximum absolute atomic E-state index is 11.9. The molecule has 2 heterocycles. The molecule has 2 rings (SSSR count). The maximum Gasteiger partial charge on any atom is 0.255 e. The molecule has 0 aromatic carbocycles. The second-order valence-corrected chi connectivity index (χ2v) is 6.68. The van der Waals surface area contributed by atoms with Crippen LogP contribution in [0.25, 0.3) is 0 Å². The van der Waals surface area contributed by atoms with Gasteiger partial charge in [-0.05, 0) is 41.1 Å². The average Bonchev–Trinajstić information content (AvgIpc) is 3.06. The van der Waals surface area contributed by atoms with Crippen molar-refractivity contribution in [3.05, 3.63) is 45.0 Å². The summed E-state index contributed by atoms with van der Waals surface area (Å²) < 4.78 is 5.84. The number of rotatable bonds is 5. The van der Waals surface area contributed by atoms with E-state index in [9.17, 15) is 9.59 Å². The monoisotopic (exact) mass is 356 g/mol. The van der Waals surface area contributed by atoms with E-state index in [4.69, 9.17) is 4.42 Å². The summed E-state index contributed by atoms with van der Waals surface area (Å²) in [4.78, 5) is 24.7. The molecule has 2 aromatic rings. The van der Waals surface area contributed by atoms with Crippen LogP contribution in [0.1, 0.15) is 22.2 Å². The summed E-state index contributed by atoms with van der Waals surface area (Å²) in [5, 5.41) is 5.38. The number of amides is 2. The molecule has 0 saturated heterocycles. The molecule has 0 bridgehead atoms. The van der Waals surface area contributed by atoms with Crippen LogP contribution in [0.2, 0.25) is 0 Å². The molecule has 2 aromatic heterocycles. The zero-order valence-corrected chi connectivity index (χ0v) is 13.1. The predicted molar refractivity (Wildman–Crippen MR) is 79.5 cm³/mol. The predicted octanol–water partition coefficient (Wildman–Crippen LogP) is 2.54. The average molecular weight is 357 g/mol. The van der Waals surface area contributed by atoms with Crippen LogP contribution in [0.3, 0.4) is 0 Å². The summed E-state index contributed by atoms with van der Waals surface area (Å²) in [5.74, 6) is -0.563. The van der Waals surface area contributed by atoms with E-state index >= 15 is 0 Å². The van der Waals surface area contributed by atoms with Gasteiger partial charge in [0.05, 0.1) is 22.2 Å². The van der Waals surface area contributed by atoms with E-state index in [0.717, 1.165) is 8.66 Å². The van der Waals surface area contributed by atoms with Crippen molar-refractivity contribution in [2.24, 2.45) is 0 Å². The molecule has 0 saturated carbocycles. The smallest absolute Gasteiger partial charge is 0.255 e. The Kier molecular flexibility index (Phi) is 4.97. The van der Waals surface area contributed by atoms with Gasteiger partial charge in [0.2, 0.25) is 5.91 Å². The highest BCUT2D eigenvalue weighted by molar-refractivity contribution is 9.11. The van der Waals surface area contributed by atoms with E-state index in [2.05, 4.69) is 26.6 Å². The van der Waals surface area contributed by atoms with Gasteiger partial charge in [0.15, 0.2) is 0 Å². The molecule has 0 aliphatic heterocycles. The summed E-state index contributed by atoms with van der Waals surface area (Å²) in [7, 11) is 0. The third-order valence-electron chi connectivity index (χ3n) is 2.59. The van der Waals surface area contributed by atoms with Gasteiger partial charge in [-0.15, -0.1) is 11.3 Å². The highest BCUT2D eigenvalue weighted by atomic mass is 79.9. The largest absolute Gasteiger partial charge is 0.472 e. The summed E-state index contributed by atoms with van der Waals surface area (Å²) in [6, 6.07) is 4.80. The lowest BCUT2D eigenvalue weighted by Crippen LogP contribution is -2.44. The Labute approximate surface area is 128 Å². The number of furan rings is 1. The van der Waals surface area contributed by atoms with Gasteiger partial charge in [-0.3, -0.25) is 9.59 Å². The first-order chi connectivity index (χ1) is 9.56. The van der Waals surface area contributed by atoms with Crippen LogP contribution in [0.4, 0.5) is 0 Å². The molecule has 7 heteroatoms. The van der Waals surface area contributed by atoms with Crippen molar-refractivity contribution in [2.45, 2.75) is 19.5 Å². The Morgan fingerprint density at radius 1 is 1.40 bits per heavy atom. The second-order valence-electron chi connectivity index (χ2n) is 4.13. The Hall–Kier alpha value is -1.60. The minimum absolute atomic E-state index is 0.230. The quantitative estimate of drug-likeness (QED) is 0.864. The van der Waals surface area contributed by atoms with Gasteiger partial charge in [0.25, 0.3) is 5.91 Å². The molecule has 106 valence electrons. The fraction of sp³-hybridized carbons (Fsp3) is 0.231. The minimum Gasteiger partial charge on any atom is -0.472 e. The van der Waals surface area contributed by atoms with E-state index in [0.29, 0.717) is 12.1 Å². The highest BCUT2D eigenvalue weighted by Crippen LogP contribution is 2.21. The molecule has 0 spiro atoms. The van der Waals surface area contributed by atoms with Crippen molar-refractivity contribution < 1.29 is 14.0 Å². The zero-order valence-electron chi connectivity index (χ0n) is 10.7. The molecular weight excluding hydrogens is 344 g/mol. The number of carbonyl (C=O) groups excluding carboxylic acids is 2. The molecule has 1 atom stereocenters. The molecule has 2 amide bonds. The standard InChI is InChI=1S/C13H13BrN2O3S/c1-8(16-13(18)9-4-5-19-7-9)12(17)15-6-10-2-3-11(14)20-10/h2-5,7-8H,6H2,1H3,(H,15,17)(H,16,18). The lowest BCUT2D eigenvalue weighted by atomic mass is 10.2. The van der Waals surface area contributed by atoms with E-state index in [1.165, 1.54) is 12.5 Å². The maximum atomic E-state index is 11.9. The third-order valence-corrected chi connectivity index (χ3v) is 4.21. The molecule has 20 heavy (non-hydrogen) atoms. The van der Waals surface area contributed by atoms with Crippen LogP contribution in [-0.2, 0) is 11.3 Å². The van der Waals surface area contributed by atoms with Crippen LogP contribution >= 0.6 is 27.3 Å². The van der Waals surface area contributed by atoms with Crippen molar-refractivity contribution in [2.75, 3.05) is 0 Å². The molecule has 5 nitrogen and oxygen atoms in total. The number of hydrogen-bond acceptors (Lipinski definition) is 4. The first-order valence-electron chi connectivity index (χ1n) is 5.91. The summed E-state index contributed by atoms with van der Waals surface area (Å²) in [6.45, 7) is 2.08. The van der Waals surface area contributed by atoms with Gasteiger partial charge in [0, 0.05) is 4.88 Å². The van der Waals surface area contributed by atoms with E-state index in [-0.39, 0.29) is 11.8 Å². The highest BCUT2D eigenvalue weighted by Gasteiger charge is 2.17. The van der Waals surface area contributed by atoms with E-state index in [1.807, 2.05) is 12.1 Å². The van der Waals surface area contributed by atoms with Gasteiger partial charge in [0.1, 0.15) is 12.3 Å². The van der Waals surface area contributed by atoms with Gasteiger partial charge in [-0.1, -0.05) is 0 Å². The van der Waals surface area contributed by atoms with Crippen molar-refractivity contribution in [3.8, 4) is 0 Å². The van der Waals surface area contributed by atoms with Crippen LogP contribution < -0.4 is 10.6 Å². The number of carbonyl (C=O) groups is 2. The van der Waals surface area contributed by atoms with Crippen molar-refractivity contribution in [3.63, 3.8) is 0 Å². The lowest BCUT2D eigenvalue weighted by molar-refractivity contribution is -0.122. The van der Waals surface area contributed by atoms with E-state index < -0.39 is 6.04 Å². The first kappa shape index (κ1) is 14.8. The van der Waals surface area contributed by atoms with Gasteiger partial charge in [-0.2, -0.15) is 0 Å². The molecule has 0 aliphatic carbocycles. The SMILES string of the molecule is CC(NC(=O)c1ccoc1)C(=O)NCc1ccc(Br)s1.